The van der Waals surface area contributed by atoms with Crippen molar-refractivity contribution < 1.29 is 9.90 Å². The fraction of sp³-hybridized carbons (Fsp3) is 0.625. The van der Waals surface area contributed by atoms with E-state index in [0.29, 0.717) is 5.88 Å². The Hall–Kier alpha value is -0.500. The van der Waals surface area contributed by atoms with E-state index in [2.05, 4.69) is 0 Å². The normalized spacial score (nSPS) is 14.6. The van der Waals surface area contributed by atoms with Gasteiger partial charge >= 0.3 is 5.97 Å². The van der Waals surface area contributed by atoms with Crippen LogP contribution in [0.1, 0.15) is 20.3 Å². The molecule has 0 spiro atoms. The Bertz CT molecular complexity index is 157. The predicted octanol–water partition coefficient (Wildman–Crippen LogP) is 2.28. The molecule has 0 heterocycles. The molecule has 1 N–H and O–H groups in total. The van der Waals surface area contributed by atoms with Crippen LogP contribution in [0.25, 0.3) is 0 Å². The summed E-state index contributed by atoms with van der Waals surface area (Å²) in [5.41, 5.74) is 0.988. The van der Waals surface area contributed by atoms with E-state index in [0.717, 1.165) is 12.0 Å². The summed E-state index contributed by atoms with van der Waals surface area (Å²) in [7, 11) is 0. The lowest BCUT2D eigenvalue weighted by Gasteiger charge is -2.02. The van der Waals surface area contributed by atoms with Gasteiger partial charge in [0.2, 0.25) is 0 Å². The second-order valence-corrected chi connectivity index (χ2v) is 2.71. The Morgan fingerprint density at radius 1 is 1.73 bits per heavy atom. The summed E-state index contributed by atoms with van der Waals surface area (Å²) >= 11 is 5.56. The van der Waals surface area contributed by atoms with Crippen LogP contribution in [0.4, 0.5) is 0 Å². The lowest BCUT2D eigenvalue weighted by molar-refractivity contribution is -0.139. The standard InChI is InChI=1S/C8H13ClO2/c1-3-7(5-9)4-6(2)8(10)11/h4,6H,3,5H2,1-2H3,(H,10,11)/b7-4+/t6-/m0/s1. The fourth-order valence-electron chi connectivity index (χ4n) is 0.682. The van der Waals surface area contributed by atoms with Crippen LogP contribution >= 0.6 is 11.6 Å². The van der Waals surface area contributed by atoms with Gasteiger partial charge in [-0.2, -0.15) is 0 Å². The number of hydrogen-bond donors (Lipinski definition) is 1. The molecule has 0 rings (SSSR count). The quantitative estimate of drug-likeness (QED) is 0.527. The topological polar surface area (TPSA) is 37.3 Å². The minimum absolute atomic E-state index is 0.425. The maximum atomic E-state index is 10.4. The first kappa shape index (κ1) is 10.5. The van der Waals surface area contributed by atoms with Crippen LogP contribution in [-0.4, -0.2) is 17.0 Å². The zero-order valence-corrected chi connectivity index (χ0v) is 7.56. The third kappa shape index (κ3) is 4.04. The number of halogens is 1. The van der Waals surface area contributed by atoms with E-state index < -0.39 is 11.9 Å². The van der Waals surface area contributed by atoms with Crippen molar-refractivity contribution in [1.29, 1.82) is 0 Å². The summed E-state index contributed by atoms with van der Waals surface area (Å²) in [6.45, 7) is 3.60. The predicted molar refractivity (Wildman–Crippen MR) is 45.9 cm³/mol. The van der Waals surface area contributed by atoms with E-state index in [1.165, 1.54) is 0 Å². The van der Waals surface area contributed by atoms with E-state index in [1.54, 1.807) is 13.0 Å². The van der Waals surface area contributed by atoms with Crippen LogP contribution in [0.2, 0.25) is 0 Å². The molecule has 0 amide bonds. The average molecular weight is 177 g/mol. The van der Waals surface area contributed by atoms with Gasteiger partial charge < -0.3 is 5.11 Å². The van der Waals surface area contributed by atoms with Gasteiger partial charge in [0.25, 0.3) is 0 Å². The summed E-state index contributed by atoms with van der Waals surface area (Å²) in [5, 5.41) is 8.53. The number of alkyl halides is 1. The van der Waals surface area contributed by atoms with Crippen molar-refractivity contribution in [2.24, 2.45) is 5.92 Å². The molecule has 0 aliphatic carbocycles. The fourth-order valence-corrected chi connectivity index (χ4v) is 0.960. The third-order valence-electron chi connectivity index (χ3n) is 1.50. The molecule has 0 radical (unpaired) electrons. The highest BCUT2D eigenvalue weighted by molar-refractivity contribution is 6.19. The van der Waals surface area contributed by atoms with E-state index in [1.807, 2.05) is 6.92 Å². The molecule has 0 saturated heterocycles. The molecule has 0 aromatic rings. The molecule has 0 aliphatic rings. The van der Waals surface area contributed by atoms with Gasteiger partial charge in [0.1, 0.15) is 0 Å². The first-order valence-electron chi connectivity index (χ1n) is 3.60. The van der Waals surface area contributed by atoms with Crippen molar-refractivity contribution in [1.82, 2.24) is 0 Å². The highest BCUT2D eigenvalue weighted by atomic mass is 35.5. The number of hydrogen-bond acceptors (Lipinski definition) is 1. The lowest BCUT2D eigenvalue weighted by Crippen LogP contribution is -2.07. The zero-order valence-electron chi connectivity index (χ0n) is 6.80. The first-order chi connectivity index (χ1) is 5.11. The smallest absolute Gasteiger partial charge is 0.310 e. The van der Waals surface area contributed by atoms with Gasteiger partial charge in [0.05, 0.1) is 5.92 Å². The van der Waals surface area contributed by atoms with Crippen molar-refractivity contribution in [3.63, 3.8) is 0 Å². The van der Waals surface area contributed by atoms with Crippen LogP contribution in [0.3, 0.4) is 0 Å². The summed E-state index contributed by atoms with van der Waals surface area (Å²) in [5.74, 6) is -0.807. The molecule has 0 aliphatic heterocycles. The maximum Gasteiger partial charge on any atom is 0.310 e. The number of carboxylic acid groups (broad SMARTS) is 1. The Labute approximate surface area is 71.9 Å². The summed E-state index contributed by atoms with van der Waals surface area (Å²) in [4.78, 5) is 10.4. The van der Waals surface area contributed by atoms with Gasteiger partial charge in [-0.05, 0) is 13.3 Å². The Balaban J connectivity index is 4.14. The molecule has 0 aromatic carbocycles. The SMILES string of the molecule is CC/C(=C\[C@H](C)C(=O)O)CCl. The summed E-state index contributed by atoms with van der Waals surface area (Å²) in [6, 6.07) is 0. The van der Waals surface area contributed by atoms with Gasteiger partial charge in [-0.3, -0.25) is 4.79 Å². The molecule has 1 atom stereocenters. The van der Waals surface area contributed by atoms with E-state index >= 15 is 0 Å². The highest BCUT2D eigenvalue weighted by Gasteiger charge is 2.07. The molecular weight excluding hydrogens is 164 g/mol. The molecule has 3 heteroatoms. The molecule has 0 bridgehead atoms. The zero-order chi connectivity index (χ0) is 8.85. The van der Waals surface area contributed by atoms with Crippen LogP contribution in [0.5, 0.6) is 0 Å². The lowest BCUT2D eigenvalue weighted by atomic mass is 10.1. The molecule has 0 aromatic heterocycles. The van der Waals surface area contributed by atoms with Crippen molar-refractivity contribution in [2.75, 3.05) is 5.88 Å². The van der Waals surface area contributed by atoms with Crippen LogP contribution in [0, 0.1) is 5.92 Å². The number of rotatable bonds is 4. The molecule has 11 heavy (non-hydrogen) atoms. The van der Waals surface area contributed by atoms with Crippen molar-refractivity contribution in [2.45, 2.75) is 20.3 Å². The third-order valence-corrected chi connectivity index (χ3v) is 1.84. The molecular formula is C8H13ClO2. The minimum Gasteiger partial charge on any atom is -0.481 e. The average Bonchev–Trinajstić information content (AvgIpc) is 1.99. The van der Waals surface area contributed by atoms with Gasteiger partial charge in [-0.1, -0.05) is 18.6 Å². The van der Waals surface area contributed by atoms with Crippen molar-refractivity contribution in [3.05, 3.63) is 11.6 Å². The van der Waals surface area contributed by atoms with Crippen LogP contribution in [0.15, 0.2) is 11.6 Å². The van der Waals surface area contributed by atoms with Crippen molar-refractivity contribution >= 4 is 17.6 Å². The largest absolute Gasteiger partial charge is 0.481 e. The Morgan fingerprint density at radius 2 is 2.27 bits per heavy atom. The number of carboxylic acids is 1. The highest BCUT2D eigenvalue weighted by Crippen LogP contribution is 2.08. The van der Waals surface area contributed by atoms with Gasteiger partial charge in [0.15, 0.2) is 0 Å². The second kappa shape index (κ2) is 5.19. The Morgan fingerprint density at radius 3 is 2.55 bits per heavy atom. The molecule has 0 unspecified atom stereocenters. The molecule has 0 saturated carbocycles. The number of carbonyl (C=O) groups is 1. The van der Waals surface area contributed by atoms with Crippen LogP contribution < -0.4 is 0 Å². The van der Waals surface area contributed by atoms with E-state index in [4.69, 9.17) is 16.7 Å². The number of allylic oxidation sites excluding steroid dienone is 1. The maximum absolute atomic E-state index is 10.4. The van der Waals surface area contributed by atoms with Gasteiger partial charge in [0, 0.05) is 5.88 Å². The monoisotopic (exact) mass is 176 g/mol. The van der Waals surface area contributed by atoms with Gasteiger partial charge in [-0.15, -0.1) is 11.6 Å². The van der Waals surface area contributed by atoms with Gasteiger partial charge in [-0.25, -0.2) is 0 Å². The first-order valence-corrected chi connectivity index (χ1v) is 4.13. The van der Waals surface area contributed by atoms with Crippen molar-refractivity contribution in [3.8, 4) is 0 Å². The Kier molecular flexibility index (Phi) is 4.95. The molecule has 0 fully saturated rings. The molecule has 2 nitrogen and oxygen atoms in total. The summed E-state index contributed by atoms with van der Waals surface area (Å²) in [6.07, 6.45) is 2.52. The summed E-state index contributed by atoms with van der Waals surface area (Å²) < 4.78 is 0. The number of aliphatic carboxylic acids is 1. The molecule has 64 valence electrons. The van der Waals surface area contributed by atoms with E-state index in [-0.39, 0.29) is 0 Å². The van der Waals surface area contributed by atoms with Crippen LogP contribution in [-0.2, 0) is 4.79 Å². The minimum atomic E-state index is -0.805. The second-order valence-electron chi connectivity index (χ2n) is 2.44. The van der Waals surface area contributed by atoms with E-state index in [9.17, 15) is 4.79 Å².